The number of amides is 2. The Morgan fingerprint density at radius 1 is 1.16 bits per heavy atom. The van der Waals surface area contributed by atoms with Crippen LogP contribution in [0.5, 0.6) is 0 Å². The molecule has 2 aliphatic rings. The lowest BCUT2D eigenvalue weighted by molar-refractivity contribution is -0.134. The van der Waals surface area contributed by atoms with Crippen LogP contribution >= 0.6 is 0 Å². The van der Waals surface area contributed by atoms with Gasteiger partial charge < -0.3 is 16.8 Å². The van der Waals surface area contributed by atoms with E-state index < -0.39 is 11.4 Å². The standard InChI is InChI=1S/C14H25N3O2/c1-14(2,13(16)19)17-12(18)10-6-8-4-3-5-9(7-10)11(8)15/h8-11H,3-7,15H2,1-2H3,(H2,16,19)(H,17,18). The molecule has 19 heavy (non-hydrogen) atoms. The molecular weight excluding hydrogens is 242 g/mol. The van der Waals surface area contributed by atoms with E-state index in [9.17, 15) is 9.59 Å². The van der Waals surface area contributed by atoms with Gasteiger partial charge in [0, 0.05) is 12.0 Å². The van der Waals surface area contributed by atoms with Crippen molar-refractivity contribution in [1.29, 1.82) is 0 Å². The molecule has 0 aromatic carbocycles. The van der Waals surface area contributed by atoms with Crippen molar-refractivity contribution in [2.45, 2.75) is 57.5 Å². The van der Waals surface area contributed by atoms with Crippen LogP contribution in [-0.2, 0) is 9.59 Å². The lowest BCUT2D eigenvalue weighted by Gasteiger charge is -2.44. The molecular formula is C14H25N3O2. The summed E-state index contributed by atoms with van der Waals surface area (Å²) < 4.78 is 0. The molecule has 2 bridgehead atoms. The molecule has 108 valence electrons. The zero-order valence-corrected chi connectivity index (χ0v) is 11.8. The number of nitrogens with two attached hydrogens (primary N) is 2. The van der Waals surface area contributed by atoms with Gasteiger partial charge in [0.05, 0.1) is 0 Å². The summed E-state index contributed by atoms with van der Waals surface area (Å²) in [5.74, 6) is 0.342. The Bertz CT molecular complexity index is 367. The molecule has 2 unspecified atom stereocenters. The first-order chi connectivity index (χ1) is 8.81. The summed E-state index contributed by atoms with van der Waals surface area (Å²) in [5, 5.41) is 2.78. The molecule has 2 amide bonds. The Morgan fingerprint density at radius 3 is 2.16 bits per heavy atom. The van der Waals surface area contributed by atoms with Crippen LogP contribution in [0.1, 0.15) is 46.0 Å². The van der Waals surface area contributed by atoms with Crippen LogP contribution in [0.15, 0.2) is 0 Å². The molecule has 0 radical (unpaired) electrons. The highest BCUT2D eigenvalue weighted by Crippen LogP contribution is 2.41. The highest BCUT2D eigenvalue weighted by Gasteiger charge is 2.41. The summed E-state index contributed by atoms with van der Waals surface area (Å²) in [4.78, 5) is 23.6. The highest BCUT2D eigenvalue weighted by molar-refractivity contribution is 5.90. The Kier molecular flexibility index (Phi) is 3.85. The van der Waals surface area contributed by atoms with Crippen LogP contribution in [0.25, 0.3) is 0 Å². The van der Waals surface area contributed by atoms with Crippen LogP contribution in [0.3, 0.4) is 0 Å². The zero-order chi connectivity index (χ0) is 14.2. The zero-order valence-electron chi connectivity index (χ0n) is 11.8. The average molecular weight is 267 g/mol. The van der Waals surface area contributed by atoms with Crippen molar-refractivity contribution in [2.75, 3.05) is 0 Å². The van der Waals surface area contributed by atoms with Crippen molar-refractivity contribution in [2.24, 2.45) is 29.2 Å². The van der Waals surface area contributed by atoms with Gasteiger partial charge in [-0.2, -0.15) is 0 Å². The van der Waals surface area contributed by atoms with E-state index >= 15 is 0 Å². The third-order valence-corrected chi connectivity index (χ3v) is 4.84. The number of nitrogens with one attached hydrogen (secondary N) is 1. The largest absolute Gasteiger partial charge is 0.368 e. The van der Waals surface area contributed by atoms with E-state index in [1.165, 1.54) is 6.42 Å². The van der Waals surface area contributed by atoms with Crippen LogP contribution in [0.2, 0.25) is 0 Å². The highest BCUT2D eigenvalue weighted by atomic mass is 16.2. The van der Waals surface area contributed by atoms with E-state index in [4.69, 9.17) is 11.5 Å². The predicted molar refractivity (Wildman–Crippen MR) is 72.9 cm³/mol. The van der Waals surface area contributed by atoms with E-state index in [-0.39, 0.29) is 17.9 Å². The molecule has 0 aliphatic heterocycles. The van der Waals surface area contributed by atoms with E-state index in [1.807, 2.05) is 0 Å². The monoisotopic (exact) mass is 267 g/mol. The minimum Gasteiger partial charge on any atom is -0.368 e. The number of hydrogen-bond donors (Lipinski definition) is 3. The topological polar surface area (TPSA) is 98.2 Å². The number of fused-ring (bicyclic) bond motifs is 2. The summed E-state index contributed by atoms with van der Waals surface area (Å²) in [6, 6.07) is 0.252. The van der Waals surface area contributed by atoms with Gasteiger partial charge in [0.15, 0.2) is 0 Å². The molecule has 2 rings (SSSR count). The quantitative estimate of drug-likeness (QED) is 0.695. The fourth-order valence-corrected chi connectivity index (χ4v) is 3.47. The minimum atomic E-state index is -0.980. The normalized spacial score (nSPS) is 34.7. The molecule has 2 saturated carbocycles. The molecule has 0 saturated heterocycles. The van der Waals surface area contributed by atoms with E-state index in [2.05, 4.69) is 5.32 Å². The van der Waals surface area contributed by atoms with Crippen molar-refractivity contribution >= 4 is 11.8 Å². The molecule has 2 atom stereocenters. The first kappa shape index (κ1) is 14.3. The Hall–Kier alpha value is -1.10. The summed E-state index contributed by atoms with van der Waals surface area (Å²) >= 11 is 0. The van der Waals surface area contributed by atoms with Gasteiger partial charge in [-0.1, -0.05) is 6.42 Å². The number of primary amides is 1. The summed E-state index contributed by atoms with van der Waals surface area (Å²) in [6.07, 6.45) is 5.17. The second-order valence-electron chi connectivity index (χ2n) is 6.68. The first-order valence-corrected chi connectivity index (χ1v) is 7.19. The first-order valence-electron chi connectivity index (χ1n) is 7.19. The van der Waals surface area contributed by atoms with Crippen molar-refractivity contribution in [3.63, 3.8) is 0 Å². The van der Waals surface area contributed by atoms with Crippen LogP contribution in [0.4, 0.5) is 0 Å². The van der Waals surface area contributed by atoms with E-state index in [1.54, 1.807) is 13.8 Å². The third kappa shape index (κ3) is 2.91. The van der Waals surface area contributed by atoms with Gasteiger partial charge in [0.2, 0.25) is 11.8 Å². The lowest BCUT2D eigenvalue weighted by Crippen LogP contribution is -2.56. The summed E-state index contributed by atoms with van der Waals surface area (Å²) in [7, 11) is 0. The second-order valence-corrected chi connectivity index (χ2v) is 6.68. The van der Waals surface area contributed by atoms with Gasteiger partial charge in [-0.05, 0) is 51.4 Å². The van der Waals surface area contributed by atoms with Gasteiger partial charge in [0.1, 0.15) is 5.54 Å². The predicted octanol–water partition coefficient (Wildman–Crippen LogP) is 0.520. The fourth-order valence-electron chi connectivity index (χ4n) is 3.47. The maximum atomic E-state index is 12.3. The fraction of sp³-hybridized carbons (Fsp3) is 0.857. The molecule has 0 heterocycles. The van der Waals surface area contributed by atoms with Gasteiger partial charge in [-0.25, -0.2) is 0 Å². The molecule has 0 aromatic heterocycles. The van der Waals surface area contributed by atoms with Crippen LogP contribution in [0, 0.1) is 17.8 Å². The molecule has 5 nitrogen and oxygen atoms in total. The molecule has 5 N–H and O–H groups in total. The van der Waals surface area contributed by atoms with Gasteiger partial charge in [0.25, 0.3) is 0 Å². The summed E-state index contributed by atoms with van der Waals surface area (Å²) in [5.41, 5.74) is 10.5. The maximum absolute atomic E-state index is 12.3. The van der Waals surface area contributed by atoms with E-state index in [0.29, 0.717) is 11.8 Å². The molecule has 0 spiro atoms. The second kappa shape index (κ2) is 5.12. The summed E-state index contributed by atoms with van der Waals surface area (Å²) in [6.45, 7) is 3.28. The lowest BCUT2D eigenvalue weighted by atomic mass is 9.65. The van der Waals surface area contributed by atoms with Crippen molar-refractivity contribution in [3.8, 4) is 0 Å². The molecule has 2 fully saturated rings. The van der Waals surface area contributed by atoms with Gasteiger partial charge in [-0.15, -0.1) is 0 Å². The van der Waals surface area contributed by atoms with Gasteiger partial charge >= 0.3 is 0 Å². The molecule has 2 aliphatic carbocycles. The number of carbonyl (C=O) groups excluding carboxylic acids is 2. The van der Waals surface area contributed by atoms with E-state index in [0.717, 1.165) is 25.7 Å². The smallest absolute Gasteiger partial charge is 0.242 e. The van der Waals surface area contributed by atoms with Crippen LogP contribution < -0.4 is 16.8 Å². The van der Waals surface area contributed by atoms with Crippen molar-refractivity contribution in [3.05, 3.63) is 0 Å². The third-order valence-electron chi connectivity index (χ3n) is 4.84. The Labute approximate surface area is 114 Å². The Balaban J connectivity index is 1.99. The van der Waals surface area contributed by atoms with Gasteiger partial charge in [-0.3, -0.25) is 9.59 Å². The molecule has 0 aromatic rings. The minimum absolute atomic E-state index is 0.0197. The maximum Gasteiger partial charge on any atom is 0.242 e. The van der Waals surface area contributed by atoms with Crippen molar-refractivity contribution < 1.29 is 9.59 Å². The number of hydrogen-bond acceptors (Lipinski definition) is 3. The number of carbonyl (C=O) groups is 2. The molecule has 5 heteroatoms. The SMILES string of the molecule is CC(C)(NC(=O)C1CC2CCCC(C1)C2N)C(N)=O. The van der Waals surface area contributed by atoms with Crippen molar-refractivity contribution in [1.82, 2.24) is 5.32 Å². The van der Waals surface area contributed by atoms with Crippen LogP contribution in [-0.4, -0.2) is 23.4 Å². The Morgan fingerprint density at radius 2 is 1.68 bits per heavy atom. The number of rotatable bonds is 3. The average Bonchev–Trinajstić information content (AvgIpc) is 2.27.